The van der Waals surface area contributed by atoms with Crippen molar-refractivity contribution in [3.63, 3.8) is 0 Å². The third-order valence-corrected chi connectivity index (χ3v) is 4.69. The summed E-state index contributed by atoms with van der Waals surface area (Å²) in [5.74, 6) is 0.649. The van der Waals surface area contributed by atoms with Gasteiger partial charge in [0.2, 0.25) is 0 Å². The van der Waals surface area contributed by atoms with Crippen molar-refractivity contribution in [1.82, 2.24) is 0 Å². The van der Waals surface area contributed by atoms with Gasteiger partial charge in [-0.05, 0) is 29.3 Å². The van der Waals surface area contributed by atoms with E-state index in [0.29, 0.717) is 17.7 Å². The van der Waals surface area contributed by atoms with Crippen molar-refractivity contribution in [1.29, 1.82) is 0 Å². The second kappa shape index (κ2) is 9.51. The molecule has 0 spiro atoms. The lowest BCUT2D eigenvalue weighted by atomic mass is 10.2. The second-order valence-electron chi connectivity index (χ2n) is 7.09. The number of benzene rings is 3. The van der Waals surface area contributed by atoms with Crippen LogP contribution in [0.15, 0.2) is 77.2 Å². The van der Waals surface area contributed by atoms with Crippen LogP contribution < -0.4 is 14.2 Å². The monoisotopic (exact) mass is 438 g/mol. The van der Waals surface area contributed by atoms with E-state index in [4.69, 9.17) is 13.9 Å². The first-order chi connectivity index (χ1) is 15.5. The van der Waals surface area contributed by atoms with Gasteiger partial charge in [-0.3, -0.25) is 4.79 Å². The number of ether oxygens (including phenoxy) is 3. The zero-order valence-corrected chi connectivity index (χ0v) is 17.2. The van der Waals surface area contributed by atoms with E-state index in [0.717, 1.165) is 11.1 Å². The maximum Gasteiger partial charge on any atom is 0.387 e. The molecule has 0 aliphatic carbocycles. The molecule has 0 radical (unpaired) electrons. The summed E-state index contributed by atoms with van der Waals surface area (Å²) < 4.78 is 47.1. The molecule has 0 amide bonds. The molecule has 5 nitrogen and oxygen atoms in total. The van der Waals surface area contributed by atoms with Gasteiger partial charge >= 0.3 is 6.61 Å². The van der Waals surface area contributed by atoms with Crippen LogP contribution in [0.3, 0.4) is 0 Å². The first-order valence-electron chi connectivity index (χ1n) is 9.90. The highest BCUT2D eigenvalue weighted by atomic mass is 19.3. The molecule has 1 aromatic heterocycles. The van der Waals surface area contributed by atoms with Crippen molar-refractivity contribution in [3.8, 4) is 17.2 Å². The van der Waals surface area contributed by atoms with E-state index in [-0.39, 0.29) is 35.2 Å². The molecule has 0 aliphatic heterocycles. The molecule has 3 aromatic carbocycles. The minimum absolute atomic E-state index is 0.107. The molecule has 0 bridgehead atoms. The molecule has 32 heavy (non-hydrogen) atoms. The molecule has 0 atom stereocenters. The summed E-state index contributed by atoms with van der Waals surface area (Å²) in [6.45, 7) is -1.06. The number of halogens is 2. The molecular formula is C25H20F2O5. The summed E-state index contributed by atoms with van der Waals surface area (Å²) in [4.78, 5) is 11.7. The topological polar surface area (TPSA) is 57.9 Å². The number of Topliss-reactive ketones (excluding diaryl/α,β-unsaturated/α-hetero) is 1. The highest BCUT2D eigenvalue weighted by molar-refractivity contribution is 5.98. The van der Waals surface area contributed by atoms with Crippen LogP contribution >= 0.6 is 0 Å². The number of furan rings is 1. The largest absolute Gasteiger partial charge is 0.489 e. The molecule has 4 rings (SSSR count). The molecule has 0 saturated heterocycles. The van der Waals surface area contributed by atoms with Crippen molar-refractivity contribution < 1.29 is 32.2 Å². The van der Waals surface area contributed by atoms with Gasteiger partial charge in [-0.25, -0.2) is 0 Å². The second-order valence-corrected chi connectivity index (χ2v) is 7.09. The zero-order valence-electron chi connectivity index (χ0n) is 17.2. The Kier molecular flexibility index (Phi) is 6.35. The summed E-state index contributed by atoms with van der Waals surface area (Å²) in [5, 5.41) is 0.494. The molecule has 0 saturated carbocycles. The molecule has 0 unspecified atom stereocenters. The van der Waals surface area contributed by atoms with E-state index in [2.05, 4.69) is 4.74 Å². The normalized spacial score (nSPS) is 11.0. The third-order valence-electron chi connectivity index (χ3n) is 4.69. The smallest absolute Gasteiger partial charge is 0.387 e. The van der Waals surface area contributed by atoms with Gasteiger partial charge in [0.1, 0.15) is 36.0 Å². The van der Waals surface area contributed by atoms with Crippen LogP contribution in [0.5, 0.6) is 17.2 Å². The van der Waals surface area contributed by atoms with Crippen LogP contribution in [-0.2, 0) is 13.2 Å². The van der Waals surface area contributed by atoms with Crippen molar-refractivity contribution in [3.05, 3.63) is 89.7 Å². The van der Waals surface area contributed by atoms with Gasteiger partial charge in [0.05, 0.1) is 5.39 Å². The Morgan fingerprint density at radius 1 is 0.875 bits per heavy atom. The van der Waals surface area contributed by atoms with Gasteiger partial charge in [-0.2, -0.15) is 8.78 Å². The highest BCUT2D eigenvalue weighted by Gasteiger charge is 2.16. The van der Waals surface area contributed by atoms with Gasteiger partial charge in [-0.15, -0.1) is 0 Å². The minimum Gasteiger partial charge on any atom is -0.489 e. The van der Waals surface area contributed by atoms with E-state index >= 15 is 0 Å². The van der Waals surface area contributed by atoms with E-state index in [9.17, 15) is 13.6 Å². The quantitative estimate of drug-likeness (QED) is 0.283. The fourth-order valence-corrected chi connectivity index (χ4v) is 3.17. The Labute approximate surface area is 183 Å². The standard InChI is InChI=1S/C25H20F2O5/c1-16(28)22-13-21-23(11-20(31-25(26)27)12-24(21)32-22)30-15-18-8-5-9-19(10-18)29-14-17-6-3-2-4-7-17/h2-13,25H,14-15H2,1H3. The fourth-order valence-electron chi connectivity index (χ4n) is 3.17. The number of hydrogen-bond donors (Lipinski definition) is 0. The number of carbonyl (C=O) groups is 1. The van der Waals surface area contributed by atoms with Crippen LogP contribution in [0.25, 0.3) is 11.0 Å². The van der Waals surface area contributed by atoms with Crippen molar-refractivity contribution in [2.24, 2.45) is 0 Å². The number of hydrogen-bond acceptors (Lipinski definition) is 5. The molecule has 164 valence electrons. The van der Waals surface area contributed by atoms with Crippen LogP contribution in [0, 0.1) is 0 Å². The third kappa shape index (κ3) is 5.24. The highest BCUT2D eigenvalue weighted by Crippen LogP contribution is 2.35. The minimum atomic E-state index is -3.00. The first-order valence-corrected chi connectivity index (χ1v) is 9.90. The van der Waals surface area contributed by atoms with Crippen LogP contribution in [0.4, 0.5) is 8.78 Å². The van der Waals surface area contributed by atoms with Gasteiger partial charge in [0, 0.05) is 19.1 Å². The van der Waals surface area contributed by atoms with Gasteiger partial charge < -0.3 is 18.6 Å². The Morgan fingerprint density at radius 3 is 2.38 bits per heavy atom. The number of alkyl halides is 2. The van der Waals surface area contributed by atoms with E-state index in [1.807, 2.05) is 54.6 Å². The van der Waals surface area contributed by atoms with Crippen molar-refractivity contribution in [2.45, 2.75) is 26.7 Å². The molecule has 0 aliphatic rings. The average Bonchev–Trinajstić information content (AvgIpc) is 3.21. The predicted molar refractivity (Wildman–Crippen MR) is 114 cm³/mol. The summed E-state index contributed by atoms with van der Waals surface area (Å²) in [6.07, 6.45) is 0. The van der Waals surface area contributed by atoms with Gasteiger partial charge in [0.25, 0.3) is 0 Å². The summed E-state index contributed by atoms with van der Waals surface area (Å²) in [6, 6.07) is 21.4. The predicted octanol–water partition coefficient (Wildman–Crippen LogP) is 6.39. The Balaban J connectivity index is 1.52. The maximum atomic E-state index is 12.7. The van der Waals surface area contributed by atoms with Gasteiger partial charge in [0.15, 0.2) is 11.5 Å². The van der Waals surface area contributed by atoms with Crippen LogP contribution in [-0.4, -0.2) is 12.4 Å². The lowest BCUT2D eigenvalue weighted by Crippen LogP contribution is -2.03. The Bertz CT molecular complexity index is 1220. The lowest BCUT2D eigenvalue weighted by Gasteiger charge is -2.11. The molecule has 1 heterocycles. The van der Waals surface area contributed by atoms with E-state index < -0.39 is 6.61 Å². The van der Waals surface area contributed by atoms with E-state index in [1.165, 1.54) is 25.1 Å². The molecule has 7 heteroatoms. The SMILES string of the molecule is CC(=O)c1cc2c(OCc3cccc(OCc4ccccc4)c3)cc(OC(F)F)cc2o1. The molecule has 0 N–H and O–H groups in total. The van der Waals surface area contributed by atoms with Crippen LogP contribution in [0.1, 0.15) is 28.6 Å². The Morgan fingerprint density at radius 2 is 1.62 bits per heavy atom. The number of rotatable bonds is 9. The number of ketones is 1. The average molecular weight is 438 g/mol. The van der Waals surface area contributed by atoms with Crippen molar-refractivity contribution in [2.75, 3.05) is 0 Å². The Hall–Kier alpha value is -3.87. The van der Waals surface area contributed by atoms with Gasteiger partial charge in [-0.1, -0.05) is 42.5 Å². The first kappa shape index (κ1) is 21.4. The lowest BCUT2D eigenvalue weighted by molar-refractivity contribution is -0.0498. The summed E-state index contributed by atoms with van der Waals surface area (Å²) >= 11 is 0. The maximum absolute atomic E-state index is 12.7. The van der Waals surface area contributed by atoms with Crippen molar-refractivity contribution >= 4 is 16.8 Å². The van der Waals surface area contributed by atoms with Crippen LogP contribution in [0.2, 0.25) is 0 Å². The number of fused-ring (bicyclic) bond motifs is 1. The summed E-state index contributed by atoms with van der Waals surface area (Å²) in [5.41, 5.74) is 2.09. The van der Waals surface area contributed by atoms with E-state index in [1.54, 1.807) is 0 Å². The fraction of sp³-hybridized carbons (Fsp3) is 0.160. The summed E-state index contributed by atoms with van der Waals surface area (Å²) in [7, 11) is 0. The molecule has 4 aromatic rings. The zero-order chi connectivity index (χ0) is 22.5. The molecule has 0 fully saturated rings. The number of carbonyl (C=O) groups excluding carboxylic acids is 1. The molecular weight excluding hydrogens is 418 g/mol.